The van der Waals surface area contributed by atoms with Gasteiger partial charge in [0.2, 0.25) is 5.91 Å². The van der Waals surface area contributed by atoms with Crippen LogP contribution < -0.4 is 5.32 Å². The second kappa shape index (κ2) is 5.76. The van der Waals surface area contributed by atoms with Gasteiger partial charge in [-0.05, 0) is 43.9 Å². The fourth-order valence-electron chi connectivity index (χ4n) is 2.75. The number of phenols is 1. The van der Waals surface area contributed by atoms with Crippen molar-refractivity contribution < 1.29 is 14.7 Å². The largest absolute Gasteiger partial charge is 0.508 e. The quantitative estimate of drug-likeness (QED) is 0.886. The van der Waals surface area contributed by atoms with Gasteiger partial charge in [-0.2, -0.15) is 0 Å². The van der Waals surface area contributed by atoms with Crippen molar-refractivity contribution in [1.82, 2.24) is 10.2 Å². The summed E-state index contributed by atoms with van der Waals surface area (Å²) in [5.74, 6) is 0.474. The van der Waals surface area contributed by atoms with Crippen LogP contribution in [0, 0.1) is 5.92 Å². The summed E-state index contributed by atoms with van der Waals surface area (Å²) in [7, 11) is 0. The Bertz CT molecular complexity index is 546. The van der Waals surface area contributed by atoms with Gasteiger partial charge in [0.15, 0.2) is 0 Å². The van der Waals surface area contributed by atoms with E-state index in [1.807, 2.05) is 4.90 Å². The van der Waals surface area contributed by atoms with Gasteiger partial charge in [0, 0.05) is 30.6 Å². The molecular weight excluding hydrogens is 268 g/mol. The highest BCUT2D eigenvalue weighted by Crippen LogP contribution is 2.31. The third kappa shape index (κ3) is 3.35. The fraction of sp³-hybridized carbons (Fsp3) is 0.500. The Labute approximate surface area is 123 Å². The van der Waals surface area contributed by atoms with E-state index in [4.69, 9.17) is 0 Å². The van der Waals surface area contributed by atoms with Crippen LogP contribution in [0.1, 0.15) is 36.0 Å². The van der Waals surface area contributed by atoms with E-state index >= 15 is 0 Å². The van der Waals surface area contributed by atoms with E-state index in [0.717, 1.165) is 38.8 Å². The third-order valence-electron chi connectivity index (χ3n) is 4.18. The average Bonchev–Trinajstić information content (AvgIpc) is 3.32. The van der Waals surface area contributed by atoms with Crippen molar-refractivity contribution >= 4 is 11.8 Å². The number of rotatable bonds is 3. The molecule has 112 valence electrons. The molecule has 1 aromatic carbocycles. The monoisotopic (exact) mass is 288 g/mol. The van der Waals surface area contributed by atoms with E-state index in [1.54, 1.807) is 18.2 Å². The molecule has 2 fully saturated rings. The number of carbonyl (C=O) groups is 2. The van der Waals surface area contributed by atoms with Crippen molar-refractivity contribution in [2.75, 3.05) is 13.1 Å². The van der Waals surface area contributed by atoms with Crippen LogP contribution in [0.25, 0.3) is 0 Å². The first-order chi connectivity index (χ1) is 10.1. The number of hydrogen-bond donors (Lipinski definition) is 2. The van der Waals surface area contributed by atoms with Crippen molar-refractivity contribution in [2.24, 2.45) is 5.92 Å². The van der Waals surface area contributed by atoms with Gasteiger partial charge >= 0.3 is 0 Å². The van der Waals surface area contributed by atoms with Crippen LogP contribution in [-0.4, -0.2) is 41.0 Å². The van der Waals surface area contributed by atoms with E-state index in [1.165, 1.54) is 6.07 Å². The SMILES string of the molecule is O=C(NC1CCN(C(=O)C2CC2)CC1)c1cccc(O)c1. The summed E-state index contributed by atoms with van der Waals surface area (Å²) in [6, 6.07) is 6.44. The number of nitrogens with one attached hydrogen (secondary N) is 1. The Morgan fingerprint density at radius 1 is 1.14 bits per heavy atom. The molecule has 1 aromatic rings. The zero-order valence-corrected chi connectivity index (χ0v) is 11.9. The second-order valence-corrected chi connectivity index (χ2v) is 5.90. The summed E-state index contributed by atoms with van der Waals surface area (Å²) in [5.41, 5.74) is 0.464. The van der Waals surface area contributed by atoms with Crippen LogP contribution in [0.4, 0.5) is 0 Å². The molecule has 1 heterocycles. The van der Waals surface area contributed by atoms with Crippen molar-refractivity contribution in [2.45, 2.75) is 31.7 Å². The van der Waals surface area contributed by atoms with Gasteiger partial charge < -0.3 is 15.3 Å². The van der Waals surface area contributed by atoms with E-state index in [0.29, 0.717) is 5.56 Å². The predicted octanol–water partition coefficient (Wildman–Crippen LogP) is 1.52. The number of nitrogens with zero attached hydrogens (tertiary/aromatic N) is 1. The topological polar surface area (TPSA) is 69.6 Å². The van der Waals surface area contributed by atoms with Crippen molar-refractivity contribution in [3.8, 4) is 5.75 Å². The number of aromatic hydroxyl groups is 1. The predicted molar refractivity (Wildman–Crippen MR) is 77.9 cm³/mol. The molecule has 2 amide bonds. The van der Waals surface area contributed by atoms with Crippen molar-refractivity contribution in [1.29, 1.82) is 0 Å². The lowest BCUT2D eigenvalue weighted by Gasteiger charge is -2.32. The molecule has 0 unspecified atom stereocenters. The van der Waals surface area contributed by atoms with Gasteiger partial charge in [0.1, 0.15) is 5.75 Å². The lowest BCUT2D eigenvalue weighted by molar-refractivity contribution is -0.133. The maximum atomic E-state index is 12.1. The minimum Gasteiger partial charge on any atom is -0.508 e. The first-order valence-electron chi connectivity index (χ1n) is 7.52. The first kappa shape index (κ1) is 13.9. The third-order valence-corrected chi connectivity index (χ3v) is 4.18. The lowest BCUT2D eigenvalue weighted by Crippen LogP contribution is -2.47. The maximum absolute atomic E-state index is 12.1. The van der Waals surface area contributed by atoms with Crippen molar-refractivity contribution in [3.63, 3.8) is 0 Å². The van der Waals surface area contributed by atoms with Gasteiger partial charge in [-0.25, -0.2) is 0 Å². The molecule has 2 aliphatic rings. The van der Waals surface area contributed by atoms with E-state index in [9.17, 15) is 14.7 Å². The molecule has 1 saturated carbocycles. The number of hydrogen-bond acceptors (Lipinski definition) is 3. The van der Waals surface area contributed by atoms with Crippen LogP contribution >= 0.6 is 0 Å². The highest BCUT2D eigenvalue weighted by molar-refractivity contribution is 5.94. The molecule has 0 atom stereocenters. The molecule has 0 bridgehead atoms. The molecule has 5 heteroatoms. The second-order valence-electron chi connectivity index (χ2n) is 5.90. The molecule has 5 nitrogen and oxygen atoms in total. The smallest absolute Gasteiger partial charge is 0.251 e. The van der Waals surface area contributed by atoms with Crippen LogP contribution in [0.3, 0.4) is 0 Å². The van der Waals surface area contributed by atoms with E-state index in [-0.39, 0.29) is 29.5 Å². The van der Waals surface area contributed by atoms with Gasteiger partial charge in [0.05, 0.1) is 0 Å². The minimum absolute atomic E-state index is 0.0903. The first-order valence-corrected chi connectivity index (χ1v) is 7.52. The summed E-state index contributed by atoms with van der Waals surface area (Å²) < 4.78 is 0. The Balaban J connectivity index is 1.50. The van der Waals surface area contributed by atoms with Crippen molar-refractivity contribution in [3.05, 3.63) is 29.8 Å². The highest BCUT2D eigenvalue weighted by atomic mass is 16.3. The Hall–Kier alpha value is -2.04. The Kier molecular flexibility index (Phi) is 3.82. The van der Waals surface area contributed by atoms with Crippen LogP contribution in [0.2, 0.25) is 0 Å². The Morgan fingerprint density at radius 3 is 2.48 bits per heavy atom. The molecule has 0 spiro atoms. The normalized spacial score (nSPS) is 19.3. The number of likely N-dealkylation sites (tertiary alicyclic amines) is 1. The molecule has 0 aromatic heterocycles. The van der Waals surface area contributed by atoms with Gasteiger partial charge in [0.25, 0.3) is 5.91 Å². The number of benzene rings is 1. The molecule has 2 N–H and O–H groups in total. The molecule has 3 rings (SSSR count). The zero-order valence-electron chi connectivity index (χ0n) is 11.9. The number of phenolic OH excluding ortho intramolecular Hbond substituents is 1. The number of amides is 2. The van der Waals surface area contributed by atoms with Crippen LogP contribution in [0.15, 0.2) is 24.3 Å². The zero-order chi connectivity index (χ0) is 14.8. The van der Waals surface area contributed by atoms with Crippen LogP contribution in [-0.2, 0) is 4.79 Å². The highest BCUT2D eigenvalue weighted by Gasteiger charge is 2.35. The summed E-state index contributed by atoms with van der Waals surface area (Å²) in [4.78, 5) is 26.0. The van der Waals surface area contributed by atoms with Gasteiger partial charge in [-0.3, -0.25) is 9.59 Å². The van der Waals surface area contributed by atoms with Gasteiger partial charge in [-0.15, -0.1) is 0 Å². The number of carbonyl (C=O) groups excluding carboxylic acids is 2. The molecular formula is C16H20N2O3. The summed E-state index contributed by atoms with van der Waals surface area (Å²) in [6.45, 7) is 1.45. The molecule has 0 radical (unpaired) electrons. The standard InChI is InChI=1S/C16H20N2O3/c19-14-3-1-2-12(10-14)15(20)17-13-6-8-18(9-7-13)16(21)11-4-5-11/h1-3,10-11,13,19H,4-9H2,(H,17,20). The average molecular weight is 288 g/mol. The lowest BCUT2D eigenvalue weighted by atomic mass is 10.0. The molecule has 1 aliphatic carbocycles. The summed E-state index contributed by atoms with van der Waals surface area (Å²) >= 11 is 0. The summed E-state index contributed by atoms with van der Waals surface area (Å²) in [6.07, 6.45) is 3.66. The molecule has 1 saturated heterocycles. The van der Waals surface area contributed by atoms with Crippen LogP contribution in [0.5, 0.6) is 5.75 Å². The number of piperidine rings is 1. The Morgan fingerprint density at radius 2 is 1.86 bits per heavy atom. The van der Waals surface area contributed by atoms with Gasteiger partial charge in [-0.1, -0.05) is 6.07 Å². The minimum atomic E-state index is -0.169. The van der Waals surface area contributed by atoms with E-state index < -0.39 is 0 Å². The maximum Gasteiger partial charge on any atom is 0.251 e. The molecule has 21 heavy (non-hydrogen) atoms. The fourth-order valence-corrected chi connectivity index (χ4v) is 2.75. The van der Waals surface area contributed by atoms with E-state index in [2.05, 4.69) is 5.32 Å². The summed E-state index contributed by atoms with van der Waals surface area (Å²) in [5, 5.41) is 12.4. The molecule has 1 aliphatic heterocycles.